The average molecular weight is 283 g/mol. The molecule has 0 N–H and O–H groups in total. The third-order valence-corrected chi connectivity index (χ3v) is 5.26. The molecule has 19 heavy (non-hydrogen) atoms. The van der Waals surface area contributed by atoms with Crippen LogP contribution in [0.3, 0.4) is 0 Å². The molecule has 3 heteroatoms. The summed E-state index contributed by atoms with van der Waals surface area (Å²) in [6.45, 7) is 9.13. The van der Waals surface area contributed by atoms with Gasteiger partial charge in [-0.05, 0) is 55.9 Å². The summed E-state index contributed by atoms with van der Waals surface area (Å²) in [6.07, 6.45) is 4.75. The Morgan fingerprint density at radius 3 is 2.58 bits per heavy atom. The first kappa shape index (κ1) is 14.9. The number of rotatable bonds is 2. The van der Waals surface area contributed by atoms with Crippen molar-refractivity contribution in [3.63, 3.8) is 0 Å². The number of aromatic nitrogens is 2. The second-order valence-electron chi connectivity index (χ2n) is 7.26. The first-order valence-corrected chi connectivity index (χ1v) is 7.84. The quantitative estimate of drug-likeness (QED) is 0.738. The van der Waals surface area contributed by atoms with Crippen LogP contribution in [0.1, 0.15) is 51.4 Å². The highest BCUT2D eigenvalue weighted by molar-refractivity contribution is 6.20. The molecule has 1 fully saturated rings. The molecule has 1 aliphatic carbocycles. The summed E-state index contributed by atoms with van der Waals surface area (Å²) in [5.74, 6) is 1.39. The lowest BCUT2D eigenvalue weighted by atomic mass is 9.68. The zero-order valence-electron chi connectivity index (χ0n) is 12.9. The fourth-order valence-electron chi connectivity index (χ4n) is 3.35. The van der Waals surface area contributed by atoms with Gasteiger partial charge in [-0.25, -0.2) is 0 Å². The zero-order chi connectivity index (χ0) is 14.2. The van der Waals surface area contributed by atoms with Crippen molar-refractivity contribution in [2.45, 2.75) is 58.8 Å². The van der Waals surface area contributed by atoms with Crippen LogP contribution in [-0.4, -0.2) is 15.2 Å². The third kappa shape index (κ3) is 3.53. The van der Waals surface area contributed by atoms with E-state index < -0.39 is 0 Å². The van der Waals surface area contributed by atoms with Crippen molar-refractivity contribution in [1.82, 2.24) is 9.78 Å². The number of hydrogen-bond donors (Lipinski definition) is 0. The summed E-state index contributed by atoms with van der Waals surface area (Å²) >= 11 is 6.58. The van der Waals surface area contributed by atoms with E-state index in [4.69, 9.17) is 11.6 Å². The molecule has 0 aromatic carbocycles. The van der Waals surface area contributed by atoms with Crippen molar-refractivity contribution in [3.05, 3.63) is 17.5 Å². The standard InChI is InChI=1S/C16H27ClN2/c1-11-8-14(19(5)18-11)10-12-9-13(16(2,3)4)6-7-15(12)17/h8,12-13,15H,6-7,9-10H2,1-5H3. The van der Waals surface area contributed by atoms with Crippen LogP contribution in [0, 0.1) is 24.2 Å². The van der Waals surface area contributed by atoms with E-state index in [1.54, 1.807) is 0 Å². The maximum absolute atomic E-state index is 6.58. The second-order valence-corrected chi connectivity index (χ2v) is 7.82. The van der Waals surface area contributed by atoms with E-state index in [-0.39, 0.29) is 0 Å². The smallest absolute Gasteiger partial charge is 0.0596 e. The fraction of sp³-hybridized carbons (Fsp3) is 0.812. The Balaban J connectivity index is 2.07. The second kappa shape index (κ2) is 5.47. The largest absolute Gasteiger partial charge is 0.272 e. The molecule has 0 bridgehead atoms. The first-order valence-electron chi connectivity index (χ1n) is 7.41. The van der Waals surface area contributed by atoms with Gasteiger partial charge in [0.2, 0.25) is 0 Å². The van der Waals surface area contributed by atoms with Crippen molar-refractivity contribution < 1.29 is 0 Å². The molecule has 1 aliphatic rings. The van der Waals surface area contributed by atoms with Crippen molar-refractivity contribution >= 4 is 11.6 Å². The summed E-state index contributed by atoms with van der Waals surface area (Å²) in [5, 5.41) is 4.77. The molecule has 0 radical (unpaired) electrons. The van der Waals surface area contributed by atoms with Gasteiger partial charge in [0.05, 0.1) is 5.69 Å². The lowest BCUT2D eigenvalue weighted by Gasteiger charge is -2.40. The van der Waals surface area contributed by atoms with Gasteiger partial charge >= 0.3 is 0 Å². The number of hydrogen-bond acceptors (Lipinski definition) is 1. The van der Waals surface area contributed by atoms with Crippen molar-refractivity contribution in [2.24, 2.45) is 24.3 Å². The minimum absolute atomic E-state index is 0.328. The number of halogens is 1. The topological polar surface area (TPSA) is 17.8 Å². The van der Waals surface area contributed by atoms with Crippen molar-refractivity contribution in [1.29, 1.82) is 0 Å². The number of aryl methyl sites for hydroxylation is 2. The van der Waals surface area contributed by atoms with E-state index in [0.29, 0.717) is 16.7 Å². The van der Waals surface area contributed by atoms with Crippen LogP contribution in [-0.2, 0) is 13.5 Å². The summed E-state index contributed by atoms with van der Waals surface area (Å²) in [6, 6.07) is 2.20. The predicted molar refractivity (Wildman–Crippen MR) is 81.6 cm³/mol. The van der Waals surface area contributed by atoms with Gasteiger partial charge in [-0.15, -0.1) is 11.6 Å². The predicted octanol–water partition coefficient (Wildman–Crippen LogP) is 4.34. The van der Waals surface area contributed by atoms with E-state index in [2.05, 4.69) is 38.9 Å². The Hall–Kier alpha value is -0.500. The van der Waals surface area contributed by atoms with Gasteiger partial charge in [0.25, 0.3) is 0 Å². The summed E-state index contributed by atoms with van der Waals surface area (Å²) in [7, 11) is 2.04. The van der Waals surface area contributed by atoms with E-state index in [1.165, 1.54) is 18.5 Å². The molecular formula is C16H27ClN2. The number of nitrogens with zero attached hydrogens (tertiary/aromatic N) is 2. The molecule has 3 unspecified atom stereocenters. The van der Waals surface area contributed by atoms with Crippen LogP contribution in [0.25, 0.3) is 0 Å². The van der Waals surface area contributed by atoms with Gasteiger partial charge < -0.3 is 0 Å². The lowest BCUT2D eigenvalue weighted by molar-refractivity contribution is 0.143. The van der Waals surface area contributed by atoms with Crippen LogP contribution in [0.15, 0.2) is 6.07 Å². The maximum Gasteiger partial charge on any atom is 0.0596 e. The molecule has 2 nitrogen and oxygen atoms in total. The highest BCUT2D eigenvalue weighted by Gasteiger charge is 2.35. The Labute approximate surface area is 122 Å². The molecule has 0 spiro atoms. The monoisotopic (exact) mass is 282 g/mol. The van der Waals surface area contributed by atoms with E-state index in [1.807, 2.05) is 11.7 Å². The molecule has 0 amide bonds. The normalized spacial score (nSPS) is 28.6. The van der Waals surface area contributed by atoms with E-state index >= 15 is 0 Å². The van der Waals surface area contributed by atoms with Gasteiger partial charge in [-0.3, -0.25) is 4.68 Å². The summed E-state index contributed by atoms with van der Waals surface area (Å²) < 4.78 is 2.01. The van der Waals surface area contributed by atoms with Gasteiger partial charge in [0, 0.05) is 18.1 Å². The van der Waals surface area contributed by atoms with Crippen molar-refractivity contribution in [3.8, 4) is 0 Å². The Morgan fingerprint density at radius 2 is 2.05 bits per heavy atom. The first-order chi connectivity index (χ1) is 8.77. The molecule has 1 aromatic rings. The van der Waals surface area contributed by atoms with Crippen LogP contribution >= 0.6 is 11.6 Å². The van der Waals surface area contributed by atoms with Crippen LogP contribution < -0.4 is 0 Å². The molecule has 2 rings (SSSR count). The molecule has 3 atom stereocenters. The summed E-state index contributed by atoms with van der Waals surface area (Å²) in [5.41, 5.74) is 2.83. The average Bonchev–Trinajstić information content (AvgIpc) is 2.59. The molecule has 1 heterocycles. The van der Waals surface area contributed by atoms with Gasteiger partial charge in [-0.1, -0.05) is 20.8 Å². The van der Waals surface area contributed by atoms with Crippen LogP contribution in [0.5, 0.6) is 0 Å². The van der Waals surface area contributed by atoms with Crippen molar-refractivity contribution in [2.75, 3.05) is 0 Å². The lowest BCUT2D eigenvalue weighted by Crippen LogP contribution is -2.33. The van der Waals surface area contributed by atoms with E-state index in [0.717, 1.165) is 24.5 Å². The summed E-state index contributed by atoms with van der Waals surface area (Å²) in [4.78, 5) is 0. The molecule has 1 aromatic heterocycles. The highest BCUT2D eigenvalue weighted by Crippen LogP contribution is 2.43. The van der Waals surface area contributed by atoms with Crippen LogP contribution in [0.2, 0.25) is 0 Å². The Bertz CT molecular complexity index is 430. The minimum Gasteiger partial charge on any atom is -0.272 e. The van der Waals surface area contributed by atoms with Crippen LogP contribution in [0.4, 0.5) is 0 Å². The maximum atomic E-state index is 6.58. The molecule has 0 aliphatic heterocycles. The fourth-order valence-corrected chi connectivity index (χ4v) is 3.67. The van der Waals surface area contributed by atoms with Gasteiger partial charge in [-0.2, -0.15) is 5.10 Å². The van der Waals surface area contributed by atoms with Gasteiger partial charge in [0.1, 0.15) is 0 Å². The highest BCUT2D eigenvalue weighted by atomic mass is 35.5. The van der Waals surface area contributed by atoms with Gasteiger partial charge in [0.15, 0.2) is 0 Å². The third-order valence-electron chi connectivity index (χ3n) is 4.68. The number of alkyl halides is 1. The SMILES string of the molecule is Cc1cc(CC2CC(C(C)(C)C)CCC2Cl)n(C)n1. The molecular weight excluding hydrogens is 256 g/mol. The molecule has 0 saturated heterocycles. The molecule has 108 valence electrons. The minimum atomic E-state index is 0.328. The zero-order valence-corrected chi connectivity index (χ0v) is 13.7. The molecule has 1 saturated carbocycles. The van der Waals surface area contributed by atoms with E-state index in [9.17, 15) is 0 Å². The Morgan fingerprint density at radius 1 is 1.37 bits per heavy atom. The Kier molecular flexibility index (Phi) is 4.29.